The van der Waals surface area contributed by atoms with Crippen LogP contribution in [0.25, 0.3) is 0 Å². The summed E-state index contributed by atoms with van der Waals surface area (Å²) in [7, 11) is 0. The molecule has 5 heteroatoms. The molecule has 0 radical (unpaired) electrons. The Morgan fingerprint density at radius 2 is 1.70 bits per heavy atom. The molecular formula is C25H32N2O3. The van der Waals surface area contributed by atoms with E-state index < -0.39 is 5.41 Å². The Labute approximate surface area is 179 Å². The standard InChI is InChI=1S/C25H32N2O3/c1-25(2,3)24(29)27-15-7-8-21(17-27)23(28)26-16-19-11-13-20(14-12-19)18-30-22-9-5-4-6-10-22/h4-6,9-14,21H,7-8,15-18H2,1-3H3,(H,26,28). The van der Waals surface area contributed by atoms with Crippen LogP contribution in [-0.4, -0.2) is 29.8 Å². The van der Waals surface area contributed by atoms with E-state index in [-0.39, 0.29) is 17.7 Å². The predicted octanol–water partition coefficient (Wildman–Crippen LogP) is 4.17. The second-order valence-electron chi connectivity index (χ2n) is 8.98. The summed E-state index contributed by atoms with van der Waals surface area (Å²) in [4.78, 5) is 27.0. The van der Waals surface area contributed by atoms with Gasteiger partial charge in [-0.2, -0.15) is 0 Å². The van der Waals surface area contributed by atoms with E-state index in [0.29, 0.717) is 19.7 Å². The van der Waals surface area contributed by atoms with Gasteiger partial charge in [0.05, 0.1) is 5.92 Å². The van der Waals surface area contributed by atoms with Crippen molar-refractivity contribution in [2.45, 2.75) is 46.8 Å². The number of carbonyl (C=O) groups is 2. The lowest BCUT2D eigenvalue weighted by molar-refractivity contribution is -0.142. The van der Waals surface area contributed by atoms with Crippen LogP contribution in [0.4, 0.5) is 0 Å². The largest absolute Gasteiger partial charge is 0.489 e. The molecule has 2 aromatic carbocycles. The Bertz CT molecular complexity index is 841. The smallest absolute Gasteiger partial charge is 0.227 e. The fraction of sp³-hybridized carbons (Fsp3) is 0.440. The van der Waals surface area contributed by atoms with Crippen molar-refractivity contribution >= 4 is 11.8 Å². The highest BCUT2D eigenvalue weighted by molar-refractivity contribution is 5.83. The van der Waals surface area contributed by atoms with Gasteiger partial charge in [-0.05, 0) is 36.1 Å². The third kappa shape index (κ3) is 6.09. The minimum atomic E-state index is -0.412. The molecule has 1 heterocycles. The lowest BCUT2D eigenvalue weighted by Crippen LogP contribution is -2.48. The maximum atomic E-state index is 12.6. The molecule has 2 aromatic rings. The number of rotatable bonds is 6. The predicted molar refractivity (Wildman–Crippen MR) is 118 cm³/mol. The van der Waals surface area contributed by atoms with E-state index in [4.69, 9.17) is 4.74 Å². The number of ether oxygens (including phenoxy) is 1. The van der Waals surface area contributed by atoms with Gasteiger partial charge in [-0.25, -0.2) is 0 Å². The molecule has 0 saturated carbocycles. The number of para-hydroxylation sites is 1. The molecular weight excluding hydrogens is 376 g/mol. The van der Waals surface area contributed by atoms with Gasteiger partial charge >= 0.3 is 0 Å². The van der Waals surface area contributed by atoms with Gasteiger partial charge in [0.1, 0.15) is 12.4 Å². The van der Waals surface area contributed by atoms with Crippen LogP contribution in [-0.2, 0) is 22.7 Å². The number of carbonyl (C=O) groups excluding carboxylic acids is 2. The van der Waals surface area contributed by atoms with Crippen LogP contribution >= 0.6 is 0 Å². The fourth-order valence-electron chi connectivity index (χ4n) is 3.62. The van der Waals surface area contributed by atoms with Gasteiger partial charge < -0.3 is 15.0 Å². The van der Waals surface area contributed by atoms with E-state index in [1.54, 1.807) is 0 Å². The van der Waals surface area contributed by atoms with Gasteiger partial charge in [-0.3, -0.25) is 9.59 Å². The SMILES string of the molecule is CC(C)(C)C(=O)N1CCCC(C(=O)NCc2ccc(COc3ccccc3)cc2)C1. The zero-order chi connectivity index (χ0) is 21.6. The molecule has 30 heavy (non-hydrogen) atoms. The number of hydrogen-bond acceptors (Lipinski definition) is 3. The molecule has 1 N–H and O–H groups in total. The van der Waals surface area contributed by atoms with Gasteiger partial charge in [-0.1, -0.05) is 63.2 Å². The first-order valence-electron chi connectivity index (χ1n) is 10.7. The van der Waals surface area contributed by atoms with Crippen LogP contribution in [0.1, 0.15) is 44.7 Å². The van der Waals surface area contributed by atoms with E-state index in [1.165, 1.54) is 0 Å². The molecule has 5 nitrogen and oxygen atoms in total. The highest BCUT2D eigenvalue weighted by Crippen LogP contribution is 2.23. The van der Waals surface area contributed by atoms with Crippen LogP contribution < -0.4 is 10.1 Å². The molecule has 1 saturated heterocycles. The number of nitrogens with zero attached hydrogens (tertiary/aromatic N) is 1. The molecule has 0 aromatic heterocycles. The minimum absolute atomic E-state index is 0.0258. The number of nitrogens with one attached hydrogen (secondary N) is 1. The molecule has 0 aliphatic carbocycles. The zero-order valence-corrected chi connectivity index (χ0v) is 18.2. The van der Waals surface area contributed by atoms with Gasteiger partial charge in [0.2, 0.25) is 11.8 Å². The molecule has 1 aliphatic rings. The van der Waals surface area contributed by atoms with E-state index in [2.05, 4.69) is 5.32 Å². The van der Waals surface area contributed by atoms with E-state index in [1.807, 2.05) is 80.3 Å². The maximum absolute atomic E-state index is 12.6. The van der Waals surface area contributed by atoms with Crippen molar-refractivity contribution in [1.82, 2.24) is 10.2 Å². The first-order valence-corrected chi connectivity index (χ1v) is 10.7. The van der Waals surface area contributed by atoms with Crippen LogP contribution in [0, 0.1) is 11.3 Å². The van der Waals surface area contributed by atoms with Crippen molar-refractivity contribution in [2.24, 2.45) is 11.3 Å². The van der Waals surface area contributed by atoms with Crippen molar-refractivity contribution in [3.05, 3.63) is 65.7 Å². The molecule has 1 atom stereocenters. The molecule has 1 aliphatic heterocycles. The first kappa shape index (κ1) is 21.9. The summed E-state index contributed by atoms with van der Waals surface area (Å²) >= 11 is 0. The summed E-state index contributed by atoms with van der Waals surface area (Å²) in [6.45, 7) is 8.03. The molecule has 160 valence electrons. The minimum Gasteiger partial charge on any atom is -0.489 e. The quantitative estimate of drug-likeness (QED) is 0.781. The summed E-state index contributed by atoms with van der Waals surface area (Å²) < 4.78 is 5.76. The average molecular weight is 409 g/mol. The lowest BCUT2D eigenvalue weighted by atomic mass is 9.91. The Morgan fingerprint density at radius 3 is 2.37 bits per heavy atom. The second kappa shape index (κ2) is 9.79. The number of hydrogen-bond donors (Lipinski definition) is 1. The Hall–Kier alpha value is -2.82. The third-order valence-corrected chi connectivity index (χ3v) is 5.36. The summed E-state index contributed by atoms with van der Waals surface area (Å²) in [5, 5.41) is 3.04. The van der Waals surface area contributed by atoms with Crippen LogP contribution in [0.2, 0.25) is 0 Å². The monoisotopic (exact) mass is 408 g/mol. The number of amides is 2. The molecule has 2 amide bonds. The number of likely N-dealkylation sites (tertiary alicyclic amines) is 1. The van der Waals surface area contributed by atoms with Crippen molar-refractivity contribution in [3.8, 4) is 5.75 Å². The molecule has 0 spiro atoms. The van der Waals surface area contributed by atoms with Crippen molar-refractivity contribution in [2.75, 3.05) is 13.1 Å². The summed E-state index contributed by atoms with van der Waals surface area (Å²) in [6.07, 6.45) is 1.70. The van der Waals surface area contributed by atoms with Gasteiger partial charge in [0.15, 0.2) is 0 Å². The third-order valence-electron chi connectivity index (χ3n) is 5.36. The molecule has 1 fully saturated rings. The lowest BCUT2D eigenvalue weighted by Gasteiger charge is -2.35. The molecule has 3 rings (SSSR count). The van der Waals surface area contributed by atoms with Crippen LogP contribution in [0.5, 0.6) is 5.75 Å². The first-order chi connectivity index (χ1) is 14.3. The summed E-state index contributed by atoms with van der Waals surface area (Å²) in [6, 6.07) is 17.8. The van der Waals surface area contributed by atoms with E-state index >= 15 is 0 Å². The van der Waals surface area contributed by atoms with Crippen molar-refractivity contribution in [1.29, 1.82) is 0 Å². The van der Waals surface area contributed by atoms with E-state index in [9.17, 15) is 9.59 Å². The zero-order valence-electron chi connectivity index (χ0n) is 18.2. The second-order valence-corrected chi connectivity index (χ2v) is 8.98. The Kier molecular flexibility index (Phi) is 7.14. The molecule has 1 unspecified atom stereocenters. The van der Waals surface area contributed by atoms with Crippen LogP contribution in [0.3, 0.4) is 0 Å². The van der Waals surface area contributed by atoms with Crippen molar-refractivity contribution < 1.29 is 14.3 Å². The van der Waals surface area contributed by atoms with Crippen LogP contribution in [0.15, 0.2) is 54.6 Å². The molecule has 0 bridgehead atoms. The topological polar surface area (TPSA) is 58.6 Å². The van der Waals surface area contributed by atoms with E-state index in [0.717, 1.165) is 36.3 Å². The highest BCUT2D eigenvalue weighted by atomic mass is 16.5. The van der Waals surface area contributed by atoms with Gasteiger partial charge in [0, 0.05) is 25.0 Å². The van der Waals surface area contributed by atoms with Crippen molar-refractivity contribution in [3.63, 3.8) is 0 Å². The fourth-order valence-corrected chi connectivity index (χ4v) is 3.62. The summed E-state index contributed by atoms with van der Waals surface area (Å²) in [5.74, 6) is 0.857. The number of benzene rings is 2. The van der Waals surface area contributed by atoms with Gasteiger partial charge in [0.25, 0.3) is 0 Å². The Balaban J connectivity index is 1.46. The highest BCUT2D eigenvalue weighted by Gasteiger charge is 2.33. The average Bonchev–Trinajstić information content (AvgIpc) is 2.76. The normalized spacial score (nSPS) is 16.8. The maximum Gasteiger partial charge on any atom is 0.227 e. The summed E-state index contributed by atoms with van der Waals surface area (Å²) in [5.41, 5.74) is 1.72. The Morgan fingerprint density at radius 1 is 1.03 bits per heavy atom. The number of piperidine rings is 1. The van der Waals surface area contributed by atoms with Gasteiger partial charge in [-0.15, -0.1) is 0 Å².